The lowest BCUT2D eigenvalue weighted by Gasteiger charge is -2.34. The lowest BCUT2D eigenvalue weighted by Crippen LogP contribution is -2.44. The van der Waals surface area contributed by atoms with Crippen LogP contribution in [-0.2, 0) is 9.59 Å². The average molecular weight is 400 g/mol. The van der Waals surface area contributed by atoms with Crippen molar-refractivity contribution < 1.29 is 14.4 Å². The van der Waals surface area contributed by atoms with E-state index in [1.165, 1.54) is 12.8 Å². The number of benzene rings is 1. The first-order chi connectivity index (χ1) is 14.1. The van der Waals surface area contributed by atoms with E-state index in [4.69, 9.17) is 0 Å². The summed E-state index contributed by atoms with van der Waals surface area (Å²) in [7, 11) is 0. The normalized spacial score (nSPS) is 18.2. The SMILES string of the molecule is O=C(NCCCC(=O)N1CCC(C(=O)N2CCCCCC2)CC1)c1ccccc1. The first-order valence-electron chi connectivity index (χ1n) is 11.0. The van der Waals surface area contributed by atoms with Crippen LogP contribution in [0.5, 0.6) is 0 Å². The molecule has 158 valence electrons. The molecular weight excluding hydrogens is 366 g/mol. The number of nitrogens with zero attached hydrogens (tertiary/aromatic N) is 2. The predicted molar refractivity (Wildman–Crippen MR) is 112 cm³/mol. The highest BCUT2D eigenvalue weighted by Gasteiger charge is 2.30. The Morgan fingerprint density at radius 3 is 2.17 bits per heavy atom. The monoisotopic (exact) mass is 399 g/mol. The van der Waals surface area contributed by atoms with Crippen LogP contribution in [0.4, 0.5) is 0 Å². The number of carbonyl (C=O) groups is 3. The number of hydrogen-bond donors (Lipinski definition) is 1. The van der Waals surface area contributed by atoms with Gasteiger partial charge in [0.1, 0.15) is 0 Å². The van der Waals surface area contributed by atoms with Gasteiger partial charge in [0, 0.05) is 50.6 Å². The van der Waals surface area contributed by atoms with Crippen LogP contribution in [0, 0.1) is 5.92 Å². The smallest absolute Gasteiger partial charge is 0.251 e. The van der Waals surface area contributed by atoms with Crippen LogP contribution in [0.25, 0.3) is 0 Å². The van der Waals surface area contributed by atoms with E-state index in [-0.39, 0.29) is 17.7 Å². The maximum absolute atomic E-state index is 12.8. The van der Waals surface area contributed by atoms with Gasteiger partial charge in [-0.1, -0.05) is 31.0 Å². The van der Waals surface area contributed by atoms with Gasteiger partial charge in [-0.05, 0) is 44.2 Å². The molecule has 3 amide bonds. The van der Waals surface area contributed by atoms with Crippen molar-refractivity contribution in [2.45, 2.75) is 51.4 Å². The maximum Gasteiger partial charge on any atom is 0.251 e. The average Bonchev–Trinajstić information content (AvgIpc) is 3.06. The van der Waals surface area contributed by atoms with Gasteiger partial charge in [-0.2, -0.15) is 0 Å². The Kier molecular flexibility index (Phi) is 8.08. The molecule has 3 rings (SSSR count). The van der Waals surface area contributed by atoms with Crippen molar-refractivity contribution in [1.82, 2.24) is 15.1 Å². The van der Waals surface area contributed by atoms with E-state index in [0.29, 0.717) is 43.9 Å². The van der Waals surface area contributed by atoms with Crippen LogP contribution in [0.3, 0.4) is 0 Å². The summed E-state index contributed by atoms with van der Waals surface area (Å²) in [4.78, 5) is 41.1. The van der Waals surface area contributed by atoms with Gasteiger partial charge in [0.2, 0.25) is 11.8 Å². The summed E-state index contributed by atoms with van der Waals surface area (Å²) in [6.45, 7) is 3.61. The summed E-state index contributed by atoms with van der Waals surface area (Å²) in [5.41, 5.74) is 0.634. The molecule has 6 heteroatoms. The number of piperidine rings is 1. The third-order valence-corrected chi connectivity index (χ3v) is 6.00. The standard InChI is InChI=1S/C23H33N3O3/c27-21(11-8-14-24-22(28)19-9-4-3-5-10-19)25-17-12-20(13-18-25)23(29)26-15-6-1-2-7-16-26/h3-5,9-10,20H,1-2,6-8,11-18H2,(H,24,28). The fraction of sp³-hybridized carbons (Fsp3) is 0.609. The first-order valence-corrected chi connectivity index (χ1v) is 11.0. The number of nitrogens with one attached hydrogen (secondary N) is 1. The molecule has 1 aromatic carbocycles. The molecule has 6 nitrogen and oxygen atoms in total. The Hall–Kier alpha value is -2.37. The summed E-state index contributed by atoms with van der Waals surface area (Å²) in [5, 5.41) is 2.86. The van der Waals surface area contributed by atoms with Gasteiger partial charge < -0.3 is 15.1 Å². The quantitative estimate of drug-likeness (QED) is 0.748. The van der Waals surface area contributed by atoms with Gasteiger partial charge >= 0.3 is 0 Å². The molecule has 1 aromatic rings. The van der Waals surface area contributed by atoms with Crippen molar-refractivity contribution >= 4 is 17.7 Å². The molecule has 0 aliphatic carbocycles. The highest BCUT2D eigenvalue weighted by Crippen LogP contribution is 2.22. The molecule has 2 heterocycles. The zero-order valence-corrected chi connectivity index (χ0v) is 17.3. The van der Waals surface area contributed by atoms with Crippen LogP contribution < -0.4 is 5.32 Å². The predicted octanol–water partition coefficient (Wildman–Crippen LogP) is 2.84. The topological polar surface area (TPSA) is 69.7 Å². The van der Waals surface area contributed by atoms with Gasteiger partial charge in [0.05, 0.1) is 0 Å². The van der Waals surface area contributed by atoms with Crippen LogP contribution in [-0.4, -0.2) is 60.2 Å². The van der Waals surface area contributed by atoms with E-state index in [1.54, 1.807) is 12.1 Å². The largest absolute Gasteiger partial charge is 0.352 e. The van der Waals surface area contributed by atoms with Crippen molar-refractivity contribution in [3.05, 3.63) is 35.9 Å². The summed E-state index contributed by atoms with van der Waals surface area (Å²) >= 11 is 0. The molecule has 0 radical (unpaired) electrons. The first kappa shape index (κ1) is 21.3. The number of amides is 3. The van der Waals surface area contributed by atoms with Crippen LogP contribution in [0.15, 0.2) is 30.3 Å². The molecule has 0 spiro atoms. The van der Waals surface area contributed by atoms with Gasteiger partial charge in [-0.3, -0.25) is 14.4 Å². The van der Waals surface area contributed by atoms with Crippen molar-refractivity contribution in [2.24, 2.45) is 5.92 Å². The molecule has 29 heavy (non-hydrogen) atoms. The van der Waals surface area contributed by atoms with E-state index in [9.17, 15) is 14.4 Å². The van der Waals surface area contributed by atoms with E-state index >= 15 is 0 Å². The zero-order valence-electron chi connectivity index (χ0n) is 17.3. The van der Waals surface area contributed by atoms with E-state index < -0.39 is 0 Å². The van der Waals surface area contributed by atoms with E-state index in [1.807, 2.05) is 28.0 Å². The molecule has 2 aliphatic heterocycles. The van der Waals surface area contributed by atoms with Crippen molar-refractivity contribution in [2.75, 3.05) is 32.7 Å². The molecular formula is C23H33N3O3. The molecule has 0 atom stereocenters. The van der Waals surface area contributed by atoms with Crippen molar-refractivity contribution in [3.8, 4) is 0 Å². The van der Waals surface area contributed by atoms with Crippen LogP contribution in [0.2, 0.25) is 0 Å². The lowest BCUT2D eigenvalue weighted by atomic mass is 9.95. The third-order valence-electron chi connectivity index (χ3n) is 6.00. The van der Waals surface area contributed by atoms with Crippen molar-refractivity contribution in [3.63, 3.8) is 0 Å². The Bertz CT molecular complexity index is 676. The second kappa shape index (κ2) is 11.0. The Labute approximate surface area is 173 Å². The molecule has 2 aliphatic rings. The summed E-state index contributed by atoms with van der Waals surface area (Å²) in [6.07, 6.45) is 7.28. The Morgan fingerprint density at radius 1 is 0.862 bits per heavy atom. The minimum atomic E-state index is -0.106. The van der Waals surface area contributed by atoms with Gasteiger partial charge in [-0.25, -0.2) is 0 Å². The van der Waals surface area contributed by atoms with E-state index in [2.05, 4.69) is 5.32 Å². The third kappa shape index (κ3) is 6.31. The maximum atomic E-state index is 12.8. The van der Waals surface area contributed by atoms with Gasteiger partial charge in [-0.15, -0.1) is 0 Å². The molecule has 0 unspecified atom stereocenters. The number of likely N-dealkylation sites (tertiary alicyclic amines) is 2. The van der Waals surface area contributed by atoms with Crippen molar-refractivity contribution in [1.29, 1.82) is 0 Å². The lowest BCUT2D eigenvalue weighted by molar-refractivity contribution is -0.140. The summed E-state index contributed by atoms with van der Waals surface area (Å²) < 4.78 is 0. The molecule has 0 saturated carbocycles. The molecule has 1 N–H and O–H groups in total. The fourth-order valence-electron chi connectivity index (χ4n) is 4.22. The molecule has 0 bridgehead atoms. The molecule has 2 saturated heterocycles. The second-order valence-electron chi connectivity index (χ2n) is 8.12. The number of hydrogen-bond acceptors (Lipinski definition) is 3. The Morgan fingerprint density at radius 2 is 1.52 bits per heavy atom. The van der Waals surface area contributed by atoms with Crippen LogP contribution in [0.1, 0.15) is 61.7 Å². The summed E-state index contributed by atoms with van der Waals surface area (Å²) in [6, 6.07) is 9.09. The zero-order chi connectivity index (χ0) is 20.5. The second-order valence-corrected chi connectivity index (χ2v) is 8.12. The van der Waals surface area contributed by atoms with Gasteiger partial charge in [0.25, 0.3) is 5.91 Å². The minimum absolute atomic E-state index is 0.0716. The molecule has 0 aromatic heterocycles. The molecule has 2 fully saturated rings. The minimum Gasteiger partial charge on any atom is -0.352 e. The van der Waals surface area contributed by atoms with Crippen LogP contribution >= 0.6 is 0 Å². The fourth-order valence-corrected chi connectivity index (χ4v) is 4.22. The van der Waals surface area contributed by atoms with E-state index in [0.717, 1.165) is 38.8 Å². The number of carbonyl (C=O) groups excluding carboxylic acids is 3. The number of rotatable bonds is 6. The summed E-state index contributed by atoms with van der Waals surface area (Å²) in [5.74, 6) is 0.385. The highest BCUT2D eigenvalue weighted by atomic mass is 16.2. The highest BCUT2D eigenvalue weighted by molar-refractivity contribution is 5.94. The van der Waals surface area contributed by atoms with Gasteiger partial charge in [0.15, 0.2) is 0 Å². The Balaban J connectivity index is 1.33.